The summed E-state index contributed by atoms with van der Waals surface area (Å²) in [5.41, 5.74) is 1.18. The molecule has 0 bridgehead atoms. The van der Waals surface area contributed by atoms with Gasteiger partial charge in [-0.2, -0.15) is 0 Å². The van der Waals surface area contributed by atoms with Crippen LogP contribution in [0.5, 0.6) is 5.75 Å². The summed E-state index contributed by atoms with van der Waals surface area (Å²) < 4.78 is 13.4. The van der Waals surface area contributed by atoms with Crippen molar-refractivity contribution < 1.29 is 14.3 Å². The van der Waals surface area contributed by atoms with Gasteiger partial charge in [0.2, 0.25) is 0 Å². The summed E-state index contributed by atoms with van der Waals surface area (Å²) in [6, 6.07) is 5.71. The molecule has 0 spiro atoms. The lowest BCUT2D eigenvalue weighted by Gasteiger charge is -2.25. The van der Waals surface area contributed by atoms with Gasteiger partial charge in [0.1, 0.15) is 18.0 Å². The van der Waals surface area contributed by atoms with E-state index in [1.54, 1.807) is 24.0 Å². The average molecular weight is 468 g/mol. The maximum absolute atomic E-state index is 12.9. The first-order valence-corrected chi connectivity index (χ1v) is 11.9. The summed E-state index contributed by atoms with van der Waals surface area (Å²) in [4.78, 5) is 29.4. The maximum Gasteiger partial charge on any atom is 0.407 e. The molecule has 0 radical (unpaired) electrons. The number of hydrogen-bond acceptors (Lipinski definition) is 5. The molecule has 2 aromatic heterocycles. The molecule has 3 rings (SSSR count). The number of alkyl carbamates (subject to hydrolysis) is 1. The molecule has 1 aromatic carbocycles. The van der Waals surface area contributed by atoms with Gasteiger partial charge in [-0.1, -0.05) is 27.7 Å². The van der Waals surface area contributed by atoms with E-state index >= 15 is 0 Å². The van der Waals surface area contributed by atoms with E-state index in [1.165, 1.54) is 0 Å². The van der Waals surface area contributed by atoms with E-state index in [9.17, 15) is 9.59 Å². The van der Waals surface area contributed by atoms with Crippen LogP contribution < -0.4 is 15.6 Å². The monoisotopic (exact) mass is 467 g/mol. The minimum atomic E-state index is -0.570. The van der Waals surface area contributed by atoms with Crippen molar-refractivity contribution in [3.63, 3.8) is 0 Å². The molecule has 1 amide bonds. The minimum Gasteiger partial charge on any atom is -0.491 e. The van der Waals surface area contributed by atoms with Crippen molar-refractivity contribution in [3.05, 3.63) is 46.5 Å². The number of nitrogens with zero attached hydrogens (tertiary/aromatic N) is 2. The fraction of sp³-hybridized carbons (Fsp3) is 0.519. The molecule has 3 aromatic rings. The normalized spacial score (nSPS) is 13.0. The number of pyridine rings is 2. The van der Waals surface area contributed by atoms with E-state index in [0.29, 0.717) is 23.7 Å². The number of aryl methyl sites for hydroxylation is 1. The summed E-state index contributed by atoms with van der Waals surface area (Å²) in [7, 11) is 1.77. The molecular formula is C27H37N3O4. The van der Waals surface area contributed by atoms with Crippen molar-refractivity contribution >= 4 is 27.8 Å². The van der Waals surface area contributed by atoms with Crippen LogP contribution >= 0.6 is 0 Å². The molecule has 0 aliphatic heterocycles. The first kappa shape index (κ1) is 25.5. The molecule has 0 saturated carbocycles. The van der Waals surface area contributed by atoms with Gasteiger partial charge < -0.3 is 19.4 Å². The highest BCUT2D eigenvalue weighted by molar-refractivity contribution is 6.06. The van der Waals surface area contributed by atoms with E-state index < -0.39 is 11.7 Å². The molecule has 0 aliphatic rings. The van der Waals surface area contributed by atoms with Crippen molar-refractivity contribution in [2.45, 2.75) is 72.4 Å². The Morgan fingerprint density at radius 1 is 1.12 bits per heavy atom. The molecule has 1 atom stereocenters. The first-order valence-electron chi connectivity index (χ1n) is 11.9. The van der Waals surface area contributed by atoms with E-state index in [4.69, 9.17) is 9.47 Å². The Morgan fingerprint density at radius 3 is 2.44 bits per heavy atom. The number of ether oxygens (including phenoxy) is 2. The van der Waals surface area contributed by atoms with Gasteiger partial charge in [-0.15, -0.1) is 0 Å². The van der Waals surface area contributed by atoms with Crippen LogP contribution in [0.15, 0.2) is 35.4 Å². The van der Waals surface area contributed by atoms with Crippen molar-refractivity contribution in [1.29, 1.82) is 0 Å². The topological polar surface area (TPSA) is 82.5 Å². The number of rotatable bonds is 7. The fourth-order valence-electron chi connectivity index (χ4n) is 4.15. The van der Waals surface area contributed by atoms with E-state index in [0.717, 1.165) is 28.3 Å². The van der Waals surface area contributed by atoms with Crippen LogP contribution in [-0.2, 0) is 11.8 Å². The molecule has 34 heavy (non-hydrogen) atoms. The largest absolute Gasteiger partial charge is 0.491 e. The molecule has 0 aliphatic carbocycles. The lowest BCUT2D eigenvalue weighted by Crippen LogP contribution is -2.42. The van der Waals surface area contributed by atoms with Crippen molar-refractivity contribution in [3.8, 4) is 5.75 Å². The molecule has 1 unspecified atom stereocenters. The second-order valence-corrected chi connectivity index (χ2v) is 10.6. The van der Waals surface area contributed by atoms with Crippen LogP contribution in [0.3, 0.4) is 0 Å². The van der Waals surface area contributed by atoms with Crippen LogP contribution in [0.1, 0.15) is 66.4 Å². The third-order valence-corrected chi connectivity index (χ3v) is 5.67. The number of nitrogens with one attached hydrogen (secondary N) is 1. The molecule has 184 valence electrons. The maximum atomic E-state index is 12.9. The zero-order valence-electron chi connectivity index (χ0n) is 21.6. The molecule has 7 nitrogen and oxygen atoms in total. The van der Waals surface area contributed by atoms with Crippen LogP contribution in [0.4, 0.5) is 4.79 Å². The Bertz CT molecular complexity index is 1240. The number of amides is 1. The summed E-state index contributed by atoms with van der Waals surface area (Å²) in [6.45, 7) is 14.3. The Labute approximate surface area is 201 Å². The highest BCUT2D eigenvalue weighted by Crippen LogP contribution is 2.34. The zero-order valence-corrected chi connectivity index (χ0v) is 21.6. The lowest BCUT2D eigenvalue weighted by molar-refractivity contribution is 0.0480. The number of carbonyl (C=O) groups excluding carboxylic acids is 1. The van der Waals surface area contributed by atoms with Crippen molar-refractivity contribution in [1.82, 2.24) is 14.9 Å². The van der Waals surface area contributed by atoms with E-state index in [1.807, 2.05) is 32.9 Å². The van der Waals surface area contributed by atoms with Gasteiger partial charge in [-0.05, 0) is 62.1 Å². The molecule has 1 N–H and O–H groups in total. The Hall–Kier alpha value is -3.09. The predicted octanol–water partition coefficient (Wildman–Crippen LogP) is 5.53. The number of aromatic nitrogens is 2. The second-order valence-electron chi connectivity index (χ2n) is 10.6. The average Bonchev–Trinajstić information content (AvgIpc) is 2.73. The second kappa shape index (κ2) is 10.0. The van der Waals surface area contributed by atoms with Gasteiger partial charge in [-0.3, -0.25) is 9.78 Å². The zero-order chi connectivity index (χ0) is 25.2. The molecule has 7 heteroatoms. The standard InChI is InChI=1S/C27H37N3O4/c1-16(2)11-18(29-26(32)34-27(5,6)7)15-33-24-13-23-21(12-20(24)17(3)4)19-9-10-28-14-22(19)25(31)30(23)8/h9-10,12-14,16-18H,11,15H2,1-8H3,(H,29,32). The molecule has 2 heterocycles. The Morgan fingerprint density at radius 2 is 1.82 bits per heavy atom. The Kier molecular flexibility index (Phi) is 7.54. The third-order valence-electron chi connectivity index (χ3n) is 5.67. The van der Waals surface area contributed by atoms with Crippen LogP contribution in [0.25, 0.3) is 21.7 Å². The summed E-state index contributed by atoms with van der Waals surface area (Å²) in [5, 5.41) is 5.42. The SMILES string of the molecule is CC(C)CC(COc1cc2c(cc1C(C)C)c1ccncc1c(=O)n2C)NC(=O)OC(C)(C)C. The smallest absolute Gasteiger partial charge is 0.407 e. The van der Waals surface area contributed by atoms with Gasteiger partial charge in [0.05, 0.1) is 16.9 Å². The molecule has 0 saturated heterocycles. The van der Waals surface area contributed by atoms with E-state index in [-0.39, 0.29) is 17.5 Å². The van der Waals surface area contributed by atoms with Gasteiger partial charge in [-0.25, -0.2) is 4.79 Å². The van der Waals surface area contributed by atoms with Crippen LogP contribution in [0, 0.1) is 5.92 Å². The van der Waals surface area contributed by atoms with Crippen LogP contribution in [-0.4, -0.2) is 33.9 Å². The minimum absolute atomic E-state index is 0.0943. The number of carbonyl (C=O) groups is 1. The summed E-state index contributed by atoms with van der Waals surface area (Å²) >= 11 is 0. The summed E-state index contributed by atoms with van der Waals surface area (Å²) in [5.74, 6) is 1.28. The highest BCUT2D eigenvalue weighted by Gasteiger charge is 2.22. The molecular weight excluding hydrogens is 430 g/mol. The lowest BCUT2D eigenvalue weighted by atomic mass is 9.97. The number of benzene rings is 1. The van der Waals surface area contributed by atoms with E-state index in [2.05, 4.69) is 44.1 Å². The van der Waals surface area contributed by atoms with Crippen molar-refractivity contribution in [2.75, 3.05) is 6.61 Å². The van der Waals surface area contributed by atoms with Crippen molar-refractivity contribution in [2.24, 2.45) is 13.0 Å². The number of fused-ring (bicyclic) bond motifs is 3. The van der Waals surface area contributed by atoms with Gasteiger partial charge in [0, 0.05) is 30.9 Å². The van der Waals surface area contributed by atoms with Gasteiger partial charge in [0.25, 0.3) is 5.56 Å². The first-order chi connectivity index (χ1) is 15.9. The highest BCUT2D eigenvalue weighted by atomic mass is 16.6. The predicted molar refractivity (Wildman–Crippen MR) is 137 cm³/mol. The van der Waals surface area contributed by atoms with Gasteiger partial charge in [0.15, 0.2) is 0 Å². The number of hydrogen-bond donors (Lipinski definition) is 1. The quantitative estimate of drug-likeness (QED) is 0.462. The van der Waals surface area contributed by atoms with Crippen LogP contribution in [0.2, 0.25) is 0 Å². The van der Waals surface area contributed by atoms with Gasteiger partial charge >= 0.3 is 6.09 Å². The fourth-order valence-corrected chi connectivity index (χ4v) is 4.15. The Balaban J connectivity index is 1.98. The summed E-state index contributed by atoms with van der Waals surface area (Å²) in [6.07, 6.45) is 3.63. The molecule has 0 fully saturated rings. The third kappa shape index (κ3) is 5.88.